The van der Waals surface area contributed by atoms with E-state index in [1.54, 1.807) is 22.2 Å². The fourth-order valence-electron chi connectivity index (χ4n) is 2.69. The molecule has 1 saturated heterocycles. The largest absolute Gasteiger partial charge is 0.342 e. The third-order valence-electron chi connectivity index (χ3n) is 3.69. The first-order valence-electron chi connectivity index (χ1n) is 6.87. The fourth-order valence-corrected chi connectivity index (χ4v) is 3.46. The zero-order chi connectivity index (χ0) is 13.9. The first-order chi connectivity index (χ1) is 9.72. The summed E-state index contributed by atoms with van der Waals surface area (Å²) in [5, 5.41) is 7.27. The van der Waals surface area contributed by atoms with Gasteiger partial charge in [0.1, 0.15) is 0 Å². The standard InChI is InChI=1S/C14H18N4OS/c1-17-9-11(8-16-17)7-13(19)18-5-2-3-12(10-18)14-15-4-6-20-14/h4,6,8-9,12H,2-3,5,7,10H2,1H3/t12-/m1/s1. The molecular formula is C14H18N4OS. The molecule has 0 bridgehead atoms. The van der Waals surface area contributed by atoms with Gasteiger partial charge in [0.2, 0.25) is 5.91 Å². The average Bonchev–Trinajstić information content (AvgIpc) is 3.11. The van der Waals surface area contributed by atoms with E-state index in [9.17, 15) is 4.79 Å². The van der Waals surface area contributed by atoms with Crippen molar-refractivity contribution < 1.29 is 4.79 Å². The van der Waals surface area contributed by atoms with Gasteiger partial charge >= 0.3 is 0 Å². The van der Waals surface area contributed by atoms with Gasteiger partial charge in [-0.15, -0.1) is 11.3 Å². The Balaban J connectivity index is 1.63. The van der Waals surface area contributed by atoms with Crippen LogP contribution in [-0.4, -0.2) is 38.7 Å². The summed E-state index contributed by atoms with van der Waals surface area (Å²) in [6.07, 6.45) is 8.14. The van der Waals surface area contributed by atoms with Crippen molar-refractivity contribution in [3.63, 3.8) is 0 Å². The summed E-state index contributed by atoms with van der Waals surface area (Å²) < 4.78 is 1.73. The van der Waals surface area contributed by atoms with E-state index in [1.807, 2.05) is 29.7 Å². The van der Waals surface area contributed by atoms with Crippen LogP contribution in [-0.2, 0) is 18.3 Å². The lowest BCUT2D eigenvalue weighted by atomic mass is 9.98. The van der Waals surface area contributed by atoms with Gasteiger partial charge in [-0.3, -0.25) is 9.48 Å². The molecule has 1 aliphatic rings. The molecule has 1 fully saturated rings. The Morgan fingerprint density at radius 3 is 3.15 bits per heavy atom. The van der Waals surface area contributed by atoms with Crippen molar-refractivity contribution in [3.05, 3.63) is 34.5 Å². The highest BCUT2D eigenvalue weighted by molar-refractivity contribution is 7.09. The van der Waals surface area contributed by atoms with Crippen LogP contribution in [0.1, 0.15) is 29.3 Å². The Hall–Kier alpha value is -1.69. The number of hydrogen-bond donors (Lipinski definition) is 0. The molecule has 3 heterocycles. The molecule has 3 rings (SSSR count). The van der Waals surface area contributed by atoms with Crippen LogP contribution in [0, 0.1) is 0 Å². The van der Waals surface area contributed by atoms with Gasteiger partial charge in [0, 0.05) is 43.8 Å². The van der Waals surface area contributed by atoms with E-state index < -0.39 is 0 Å². The Kier molecular flexibility index (Phi) is 3.82. The molecule has 1 atom stereocenters. The maximum Gasteiger partial charge on any atom is 0.227 e. The molecule has 0 unspecified atom stereocenters. The molecule has 106 valence electrons. The number of carbonyl (C=O) groups excluding carboxylic acids is 1. The zero-order valence-corrected chi connectivity index (χ0v) is 12.3. The highest BCUT2D eigenvalue weighted by atomic mass is 32.1. The van der Waals surface area contributed by atoms with E-state index >= 15 is 0 Å². The third kappa shape index (κ3) is 2.90. The van der Waals surface area contributed by atoms with E-state index in [4.69, 9.17) is 0 Å². The van der Waals surface area contributed by atoms with Crippen LogP contribution < -0.4 is 0 Å². The van der Waals surface area contributed by atoms with Crippen molar-refractivity contribution in [1.29, 1.82) is 0 Å². The number of piperidine rings is 1. The quantitative estimate of drug-likeness (QED) is 0.866. The van der Waals surface area contributed by atoms with Gasteiger partial charge in [-0.1, -0.05) is 0 Å². The highest BCUT2D eigenvalue weighted by Crippen LogP contribution is 2.28. The lowest BCUT2D eigenvalue weighted by Crippen LogP contribution is -2.39. The number of nitrogens with zero attached hydrogens (tertiary/aromatic N) is 4. The number of aryl methyl sites for hydroxylation is 1. The monoisotopic (exact) mass is 290 g/mol. The first kappa shape index (κ1) is 13.3. The smallest absolute Gasteiger partial charge is 0.227 e. The first-order valence-corrected chi connectivity index (χ1v) is 7.75. The third-order valence-corrected chi connectivity index (χ3v) is 4.63. The highest BCUT2D eigenvalue weighted by Gasteiger charge is 2.26. The van der Waals surface area contributed by atoms with Crippen molar-refractivity contribution in [2.24, 2.45) is 7.05 Å². The minimum atomic E-state index is 0.194. The molecule has 20 heavy (non-hydrogen) atoms. The van der Waals surface area contributed by atoms with Crippen molar-refractivity contribution >= 4 is 17.2 Å². The normalized spacial score (nSPS) is 19.2. The van der Waals surface area contributed by atoms with E-state index in [2.05, 4.69) is 10.1 Å². The molecule has 0 radical (unpaired) electrons. The van der Waals surface area contributed by atoms with Crippen molar-refractivity contribution in [3.8, 4) is 0 Å². The van der Waals surface area contributed by atoms with Crippen LogP contribution >= 0.6 is 11.3 Å². The predicted octanol–water partition coefficient (Wildman–Crippen LogP) is 1.83. The van der Waals surface area contributed by atoms with Crippen molar-refractivity contribution in [2.75, 3.05) is 13.1 Å². The van der Waals surface area contributed by atoms with Crippen LogP contribution in [0.25, 0.3) is 0 Å². The molecule has 0 aromatic carbocycles. The molecule has 0 spiro atoms. The molecule has 5 nitrogen and oxygen atoms in total. The minimum Gasteiger partial charge on any atom is -0.342 e. The van der Waals surface area contributed by atoms with Crippen molar-refractivity contribution in [1.82, 2.24) is 19.7 Å². The second-order valence-electron chi connectivity index (χ2n) is 5.25. The van der Waals surface area contributed by atoms with Gasteiger partial charge in [-0.2, -0.15) is 5.10 Å². The zero-order valence-electron chi connectivity index (χ0n) is 11.5. The average molecular weight is 290 g/mol. The van der Waals surface area contributed by atoms with E-state index in [0.29, 0.717) is 12.3 Å². The molecule has 0 aliphatic carbocycles. The topological polar surface area (TPSA) is 51.0 Å². The Labute approximate surface area is 122 Å². The Morgan fingerprint density at radius 2 is 2.45 bits per heavy atom. The van der Waals surface area contributed by atoms with Gasteiger partial charge in [-0.25, -0.2) is 4.98 Å². The predicted molar refractivity (Wildman–Crippen MR) is 77.6 cm³/mol. The number of likely N-dealkylation sites (tertiary alicyclic amines) is 1. The number of thiazole rings is 1. The number of amides is 1. The molecular weight excluding hydrogens is 272 g/mol. The summed E-state index contributed by atoms with van der Waals surface area (Å²) in [4.78, 5) is 18.7. The lowest BCUT2D eigenvalue weighted by molar-refractivity contribution is -0.131. The minimum absolute atomic E-state index is 0.194. The maximum absolute atomic E-state index is 12.4. The van der Waals surface area contributed by atoms with Crippen molar-refractivity contribution in [2.45, 2.75) is 25.2 Å². The van der Waals surface area contributed by atoms with Crippen LogP contribution in [0.4, 0.5) is 0 Å². The van der Waals surface area contributed by atoms with Gasteiger partial charge in [-0.05, 0) is 18.4 Å². The summed E-state index contributed by atoms with van der Waals surface area (Å²) in [5.74, 6) is 0.598. The second kappa shape index (κ2) is 5.75. The molecule has 1 amide bonds. The molecule has 0 N–H and O–H groups in total. The van der Waals surface area contributed by atoms with Crippen LogP contribution in [0.15, 0.2) is 24.0 Å². The van der Waals surface area contributed by atoms with Crippen LogP contribution in [0.2, 0.25) is 0 Å². The Morgan fingerprint density at radius 1 is 1.55 bits per heavy atom. The molecule has 2 aromatic rings. The number of aromatic nitrogens is 3. The van der Waals surface area contributed by atoms with Gasteiger partial charge in [0.05, 0.1) is 17.6 Å². The van der Waals surface area contributed by atoms with Crippen LogP contribution in [0.5, 0.6) is 0 Å². The van der Waals surface area contributed by atoms with Gasteiger partial charge in [0.25, 0.3) is 0 Å². The summed E-state index contributed by atoms with van der Waals surface area (Å²) >= 11 is 1.69. The van der Waals surface area contributed by atoms with E-state index in [-0.39, 0.29) is 5.91 Å². The number of carbonyl (C=O) groups is 1. The van der Waals surface area contributed by atoms with E-state index in [1.165, 1.54) is 0 Å². The molecule has 6 heteroatoms. The van der Waals surface area contributed by atoms with Gasteiger partial charge < -0.3 is 4.90 Å². The molecule has 1 aliphatic heterocycles. The number of rotatable bonds is 3. The fraction of sp³-hybridized carbons (Fsp3) is 0.500. The summed E-state index contributed by atoms with van der Waals surface area (Å²) in [7, 11) is 1.87. The lowest BCUT2D eigenvalue weighted by Gasteiger charge is -2.31. The Bertz CT molecular complexity index is 578. The summed E-state index contributed by atoms with van der Waals surface area (Å²) in [6, 6.07) is 0. The number of hydrogen-bond acceptors (Lipinski definition) is 4. The molecule has 0 saturated carbocycles. The van der Waals surface area contributed by atoms with Gasteiger partial charge in [0.15, 0.2) is 0 Å². The second-order valence-corrected chi connectivity index (χ2v) is 6.17. The van der Waals surface area contributed by atoms with Crippen LogP contribution in [0.3, 0.4) is 0 Å². The summed E-state index contributed by atoms with van der Waals surface area (Å²) in [6.45, 7) is 1.66. The van der Waals surface area contributed by atoms with E-state index in [0.717, 1.165) is 36.5 Å². The SMILES string of the molecule is Cn1cc(CC(=O)N2CCC[C@@H](c3nccs3)C2)cn1. The molecule has 2 aromatic heterocycles. The maximum atomic E-state index is 12.4. The summed E-state index contributed by atoms with van der Waals surface area (Å²) in [5.41, 5.74) is 0.980.